The standard InChI is InChI=1S/C15H11N5/c1-16-7-4-5-11-9-18-15-14(11)20-13(10-19-15)12-6-2-3-8-17-12/h2-4,6-10H,5H2,(H,18,19)/b7-4-. The Morgan fingerprint density at radius 3 is 3.00 bits per heavy atom. The van der Waals surface area contributed by atoms with E-state index in [1.165, 1.54) is 6.20 Å². The number of pyridine rings is 1. The van der Waals surface area contributed by atoms with Crippen molar-refractivity contribution in [1.29, 1.82) is 0 Å². The van der Waals surface area contributed by atoms with Crippen LogP contribution in [-0.4, -0.2) is 19.9 Å². The molecule has 3 aromatic rings. The molecule has 3 rings (SSSR count). The zero-order valence-corrected chi connectivity index (χ0v) is 10.6. The van der Waals surface area contributed by atoms with Gasteiger partial charge in [0, 0.05) is 18.0 Å². The molecule has 3 aromatic heterocycles. The fourth-order valence-corrected chi connectivity index (χ4v) is 1.97. The Morgan fingerprint density at radius 1 is 1.25 bits per heavy atom. The maximum absolute atomic E-state index is 6.73. The van der Waals surface area contributed by atoms with E-state index < -0.39 is 0 Å². The van der Waals surface area contributed by atoms with Crippen LogP contribution in [0, 0.1) is 6.57 Å². The molecule has 0 aliphatic rings. The second-order valence-electron chi connectivity index (χ2n) is 4.20. The molecular weight excluding hydrogens is 250 g/mol. The molecule has 0 amide bonds. The van der Waals surface area contributed by atoms with E-state index in [0.717, 1.165) is 28.1 Å². The Hall–Kier alpha value is -3.00. The van der Waals surface area contributed by atoms with Crippen LogP contribution in [0.2, 0.25) is 0 Å². The first-order valence-electron chi connectivity index (χ1n) is 6.14. The normalized spacial score (nSPS) is 10.9. The lowest BCUT2D eigenvalue weighted by Gasteiger charge is -2.00. The third kappa shape index (κ3) is 2.27. The molecule has 0 spiro atoms. The van der Waals surface area contributed by atoms with Gasteiger partial charge < -0.3 is 4.98 Å². The fraction of sp³-hybridized carbons (Fsp3) is 0.0667. The van der Waals surface area contributed by atoms with Gasteiger partial charge in [-0.25, -0.2) is 14.8 Å². The number of hydrogen-bond donors (Lipinski definition) is 1. The van der Waals surface area contributed by atoms with Crippen LogP contribution in [0.25, 0.3) is 27.4 Å². The molecule has 5 nitrogen and oxygen atoms in total. The van der Waals surface area contributed by atoms with Gasteiger partial charge >= 0.3 is 0 Å². The Bertz CT molecular complexity index is 796. The van der Waals surface area contributed by atoms with Gasteiger partial charge in [-0.1, -0.05) is 12.1 Å². The third-order valence-electron chi connectivity index (χ3n) is 2.90. The molecule has 0 aromatic carbocycles. The molecular formula is C15H11N5. The lowest BCUT2D eigenvalue weighted by molar-refractivity contribution is 1.22. The molecule has 5 heteroatoms. The van der Waals surface area contributed by atoms with Gasteiger partial charge in [0.25, 0.3) is 0 Å². The highest BCUT2D eigenvalue weighted by atomic mass is 14.9. The molecule has 0 bridgehead atoms. The average Bonchev–Trinajstić information content (AvgIpc) is 2.91. The highest BCUT2D eigenvalue weighted by Crippen LogP contribution is 2.19. The van der Waals surface area contributed by atoms with E-state index in [-0.39, 0.29) is 0 Å². The highest BCUT2D eigenvalue weighted by molar-refractivity contribution is 5.77. The van der Waals surface area contributed by atoms with E-state index in [2.05, 4.69) is 24.8 Å². The molecule has 0 radical (unpaired) electrons. The molecule has 0 atom stereocenters. The predicted octanol–water partition coefficient (Wildman–Crippen LogP) is 3.00. The van der Waals surface area contributed by atoms with Crippen molar-refractivity contribution in [2.45, 2.75) is 6.42 Å². The summed E-state index contributed by atoms with van der Waals surface area (Å²) >= 11 is 0. The summed E-state index contributed by atoms with van der Waals surface area (Å²) in [5.41, 5.74) is 4.13. The number of nitrogens with zero attached hydrogens (tertiary/aromatic N) is 4. The number of H-pyrrole nitrogens is 1. The minimum absolute atomic E-state index is 0.655. The van der Waals surface area contributed by atoms with Crippen molar-refractivity contribution in [2.24, 2.45) is 0 Å². The van der Waals surface area contributed by atoms with Crippen LogP contribution in [0.3, 0.4) is 0 Å². The quantitative estimate of drug-likeness (QED) is 0.737. The van der Waals surface area contributed by atoms with E-state index in [1.54, 1.807) is 12.4 Å². The summed E-state index contributed by atoms with van der Waals surface area (Å²) in [6.45, 7) is 6.73. The SMILES string of the molecule is [C-]#[N+]/C=C\Cc1c[nH]c2ncc(-c3ccccn3)nc12. The van der Waals surface area contributed by atoms with E-state index in [1.807, 2.05) is 30.5 Å². The number of hydrogen-bond acceptors (Lipinski definition) is 3. The van der Waals surface area contributed by atoms with Crippen LogP contribution in [0.4, 0.5) is 0 Å². The molecule has 3 heterocycles. The number of aromatic amines is 1. The van der Waals surface area contributed by atoms with Crippen molar-refractivity contribution in [1.82, 2.24) is 19.9 Å². The third-order valence-corrected chi connectivity index (χ3v) is 2.90. The second kappa shape index (κ2) is 5.33. The van der Waals surface area contributed by atoms with Crippen LogP contribution >= 0.6 is 0 Å². The van der Waals surface area contributed by atoms with Gasteiger partial charge in [0.05, 0.1) is 18.5 Å². The van der Waals surface area contributed by atoms with Gasteiger partial charge in [-0.2, -0.15) is 0 Å². The topological polar surface area (TPSA) is 58.8 Å². The largest absolute Gasteiger partial charge is 0.345 e. The molecule has 0 aliphatic carbocycles. The molecule has 20 heavy (non-hydrogen) atoms. The summed E-state index contributed by atoms with van der Waals surface area (Å²) in [5, 5.41) is 0. The molecule has 0 unspecified atom stereocenters. The Morgan fingerprint density at radius 2 is 2.20 bits per heavy atom. The number of aromatic nitrogens is 4. The maximum atomic E-state index is 6.73. The van der Waals surface area contributed by atoms with E-state index in [0.29, 0.717) is 6.42 Å². The van der Waals surface area contributed by atoms with Crippen LogP contribution in [0.1, 0.15) is 5.56 Å². The molecule has 0 saturated heterocycles. The van der Waals surface area contributed by atoms with E-state index in [9.17, 15) is 0 Å². The molecule has 0 fully saturated rings. The summed E-state index contributed by atoms with van der Waals surface area (Å²) < 4.78 is 0. The monoisotopic (exact) mass is 261 g/mol. The van der Waals surface area contributed by atoms with Gasteiger partial charge in [-0.3, -0.25) is 4.98 Å². The van der Waals surface area contributed by atoms with Crippen LogP contribution in [0.5, 0.6) is 0 Å². The van der Waals surface area contributed by atoms with Crippen LogP contribution in [-0.2, 0) is 6.42 Å². The molecule has 1 N–H and O–H groups in total. The number of nitrogens with one attached hydrogen (secondary N) is 1. The molecule has 0 aliphatic heterocycles. The van der Waals surface area contributed by atoms with Gasteiger partial charge in [0.2, 0.25) is 0 Å². The van der Waals surface area contributed by atoms with Gasteiger partial charge in [0.1, 0.15) is 11.2 Å². The summed E-state index contributed by atoms with van der Waals surface area (Å²) in [4.78, 5) is 19.5. The minimum Gasteiger partial charge on any atom is -0.345 e. The summed E-state index contributed by atoms with van der Waals surface area (Å²) in [6.07, 6.45) is 9.24. The van der Waals surface area contributed by atoms with Crippen LogP contribution < -0.4 is 0 Å². The first-order valence-corrected chi connectivity index (χ1v) is 6.14. The first kappa shape index (κ1) is 12.1. The maximum Gasteiger partial charge on any atom is 0.156 e. The minimum atomic E-state index is 0.655. The smallest absolute Gasteiger partial charge is 0.156 e. The number of fused-ring (bicyclic) bond motifs is 1. The zero-order valence-electron chi connectivity index (χ0n) is 10.6. The van der Waals surface area contributed by atoms with Crippen molar-refractivity contribution >= 4 is 11.2 Å². The Balaban J connectivity index is 2.04. The summed E-state index contributed by atoms with van der Waals surface area (Å²) in [7, 11) is 0. The average molecular weight is 261 g/mol. The Labute approximate surface area is 115 Å². The Kier molecular flexibility index (Phi) is 3.21. The second-order valence-corrected chi connectivity index (χ2v) is 4.20. The zero-order chi connectivity index (χ0) is 13.8. The van der Waals surface area contributed by atoms with E-state index >= 15 is 0 Å². The van der Waals surface area contributed by atoms with Gasteiger partial charge in [-0.15, -0.1) is 0 Å². The van der Waals surface area contributed by atoms with Crippen molar-refractivity contribution < 1.29 is 0 Å². The number of rotatable bonds is 3. The lowest BCUT2D eigenvalue weighted by atomic mass is 10.2. The predicted molar refractivity (Wildman–Crippen MR) is 76.6 cm³/mol. The van der Waals surface area contributed by atoms with Crippen molar-refractivity contribution in [3.05, 3.63) is 66.0 Å². The van der Waals surface area contributed by atoms with Gasteiger partial charge in [0.15, 0.2) is 11.8 Å². The fourth-order valence-electron chi connectivity index (χ4n) is 1.97. The first-order chi connectivity index (χ1) is 9.88. The summed E-state index contributed by atoms with van der Waals surface area (Å²) in [6, 6.07) is 5.69. The van der Waals surface area contributed by atoms with Crippen molar-refractivity contribution in [3.63, 3.8) is 0 Å². The molecule has 96 valence electrons. The van der Waals surface area contributed by atoms with Crippen LogP contribution in [0.15, 0.2) is 49.1 Å². The van der Waals surface area contributed by atoms with Gasteiger partial charge in [-0.05, 0) is 18.6 Å². The summed E-state index contributed by atoms with van der Waals surface area (Å²) in [5.74, 6) is 0. The van der Waals surface area contributed by atoms with Crippen molar-refractivity contribution in [3.8, 4) is 11.4 Å². The molecule has 0 saturated carbocycles. The van der Waals surface area contributed by atoms with Crippen molar-refractivity contribution in [2.75, 3.05) is 0 Å². The van der Waals surface area contributed by atoms with E-state index in [4.69, 9.17) is 6.57 Å². The lowest BCUT2D eigenvalue weighted by Crippen LogP contribution is -1.90. The highest BCUT2D eigenvalue weighted by Gasteiger charge is 2.08. The number of allylic oxidation sites excluding steroid dienone is 1.